The first-order chi connectivity index (χ1) is 8.86. The Kier molecular flexibility index (Phi) is 4.74. The van der Waals surface area contributed by atoms with Crippen molar-refractivity contribution in [2.75, 3.05) is 21.2 Å². The highest BCUT2D eigenvalue weighted by atomic mass is 16.5. The number of carbonyl (C=O) groups is 2. The fourth-order valence-corrected chi connectivity index (χ4v) is 1.51. The van der Waals surface area contributed by atoms with E-state index >= 15 is 0 Å². The van der Waals surface area contributed by atoms with Crippen LogP contribution in [0.2, 0.25) is 0 Å². The molecule has 1 N–H and O–H groups in total. The van der Waals surface area contributed by atoms with Crippen LogP contribution in [0, 0.1) is 0 Å². The lowest BCUT2D eigenvalue weighted by atomic mass is 10.2. The van der Waals surface area contributed by atoms with Gasteiger partial charge in [0.25, 0.3) is 5.91 Å². The van der Waals surface area contributed by atoms with Gasteiger partial charge in [0.1, 0.15) is 0 Å². The minimum Gasteiger partial charge on any atom is -0.493 e. The van der Waals surface area contributed by atoms with Crippen molar-refractivity contribution in [3.63, 3.8) is 0 Å². The lowest BCUT2D eigenvalue weighted by Crippen LogP contribution is -2.35. The Morgan fingerprint density at radius 1 is 1.26 bits per heavy atom. The first-order valence-corrected chi connectivity index (χ1v) is 5.66. The van der Waals surface area contributed by atoms with Gasteiger partial charge in [-0.2, -0.15) is 0 Å². The van der Waals surface area contributed by atoms with Crippen LogP contribution in [-0.2, 0) is 4.79 Å². The van der Waals surface area contributed by atoms with Crippen LogP contribution in [0.5, 0.6) is 11.5 Å². The summed E-state index contributed by atoms with van der Waals surface area (Å²) in [5.41, 5.74) is 0.0697. The van der Waals surface area contributed by atoms with E-state index in [1.54, 1.807) is 21.0 Å². The maximum atomic E-state index is 11.7. The largest absolute Gasteiger partial charge is 0.493 e. The molecule has 1 atom stereocenters. The van der Waals surface area contributed by atoms with Gasteiger partial charge >= 0.3 is 5.97 Å². The molecule has 0 aliphatic carbocycles. The van der Waals surface area contributed by atoms with Gasteiger partial charge in [-0.15, -0.1) is 0 Å². The van der Waals surface area contributed by atoms with Gasteiger partial charge in [0.15, 0.2) is 17.6 Å². The molecule has 0 saturated heterocycles. The van der Waals surface area contributed by atoms with Crippen LogP contribution in [0.15, 0.2) is 18.2 Å². The third-order valence-electron chi connectivity index (χ3n) is 2.50. The Bertz CT molecular complexity index is 484. The maximum absolute atomic E-state index is 11.7. The molecule has 0 aliphatic heterocycles. The van der Waals surface area contributed by atoms with E-state index < -0.39 is 12.1 Å². The third-order valence-corrected chi connectivity index (χ3v) is 2.50. The SMILES string of the molecule is COc1ccc(C(=O)O)cc1OC(C)C(=O)N(C)C. The number of amides is 1. The highest BCUT2D eigenvalue weighted by Crippen LogP contribution is 2.29. The number of carbonyl (C=O) groups excluding carboxylic acids is 1. The van der Waals surface area contributed by atoms with E-state index in [0.717, 1.165) is 0 Å². The number of ether oxygens (including phenoxy) is 2. The summed E-state index contributed by atoms with van der Waals surface area (Å²) >= 11 is 0. The molecule has 6 nitrogen and oxygen atoms in total. The molecule has 0 fully saturated rings. The molecule has 6 heteroatoms. The molecule has 0 saturated carbocycles. The Morgan fingerprint density at radius 3 is 2.37 bits per heavy atom. The van der Waals surface area contributed by atoms with Crippen molar-refractivity contribution in [1.82, 2.24) is 4.90 Å². The maximum Gasteiger partial charge on any atom is 0.335 e. The van der Waals surface area contributed by atoms with Gasteiger partial charge < -0.3 is 19.5 Å². The number of hydrogen-bond acceptors (Lipinski definition) is 4. The Hall–Kier alpha value is -2.24. The van der Waals surface area contributed by atoms with Crippen molar-refractivity contribution in [3.8, 4) is 11.5 Å². The van der Waals surface area contributed by atoms with Crippen LogP contribution in [0.25, 0.3) is 0 Å². The van der Waals surface area contributed by atoms with Gasteiger partial charge in [-0.1, -0.05) is 0 Å². The predicted octanol–water partition coefficient (Wildman–Crippen LogP) is 1.25. The fraction of sp³-hybridized carbons (Fsp3) is 0.385. The molecule has 19 heavy (non-hydrogen) atoms. The highest BCUT2D eigenvalue weighted by Gasteiger charge is 2.19. The molecular weight excluding hydrogens is 250 g/mol. The summed E-state index contributed by atoms with van der Waals surface area (Å²) in [6.45, 7) is 1.59. The quantitative estimate of drug-likeness (QED) is 0.868. The number of hydrogen-bond donors (Lipinski definition) is 1. The summed E-state index contributed by atoms with van der Waals surface area (Å²) in [5.74, 6) is -0.685. The number of aromatic carboxylic acids is 1. The number of benzene rings is 1. The topological polar surface area (TPSA) is 76.1 Å². The Balaban J connectivity index is 3.01. The second-order valence-electron chi connectivity index (χ2n) is 4.16. The molecule has 0 aromatic heterocycles. The summed E-state index contributed by atoms with van der Waals surface area (Å²) in [6, 6.07) is 4.23. The lowest BCUT2D eigenvalue weighted by Gasteiger charge is -2.19. The van der Waals surface area contributed by atoms with Crippen molar-refractivity contribution in [3.05, 3.63) is 23.8 Å². The van der Waals surface area contributed by atoms with Gasteiger partial charge in [-0.25, -0.2) is 4.79 Å². The van der Waals surface area contributed by atoms with Crippen LogP contribution < -0.4 is 9.47 Å². The average Bonchev–Trinajstić information content (AvgIpc) is 2.37. The predicted molar refractivity (Wildman–Crippen MR) is 68.7 cm³/mol. The molecule has 104 valence electrons. The van der Waals surface area contributed by atoms with Crippen LogP contribution in [0.3, 0.4) is 0 Å². The van der Waals surface area contributed by atoms with E-state index in [9.17, 15) is 9.59 Å². The van der Waals surface area contributed by atoms with Crippen molar-refractivity contribution >= 4 is 11.9 Å². The lowest BCUT2D eigenvalue weighted by molar-refractivity contribution is -0.135. The molecule has 1 aromatic rings. The highest BCUT2D eigenvalue weighted by molar-refractivity contribution is 5.88. The molecule has 1 amide bonds. The monoisotopic (exact) mass is 267 g/mol. The zero-order valence-corrected chi connectivity index (χ0v) is 11.3. The molecule has 1 aromatic carbocycles. The minimum atomic E-state index is -1.07. The van der Waals surface area contributed by atoms with Crippen LogP contribution in [0.1, 0.15) is 17.3 Å². The van der Waals surface area contributed by atoms with Crippen molar-refractivity contribution in [1.29, 1.82) is 0 Å². The molecule has 0 bridgehead atoms. The summed E-state index contributed by atoms with van der Waals surface area (Å²) in [5, 5.41) is 8.93. The van der Waals surface area contributed by atoms with Gasteiger partial charge in [0.2, 0.25) is 0 Å². The normalized spacial score (nSPS) is 11.6. The minimum absolute atomic E-state index is 0.0697. The summed E-state index contributed by atoms with van der Waals surface area (Å²) in [6.07, 6.45) is -0.729. The zero-order chi connectivity index (χ0) is 14.6. The van der Waals surface area contributed by atoms with E-state index in [0.29, 0.717) is 5.75 Å². The molecule has 1 unspecified atom stereocenters. The first-order valence-electron chi connectivity index (χ1n) is 5.66. The molecule has 0 aliphatic rings. The van der Waals surface area contributed by atoms with Crippen LogP contribution >= 0.6 is 0 Å². The average molecular weight is 267 g/mol. The summed E-state index contributed by atoms with van der Waals surface area (Å²) < 4.78 is 10.5. The summed E-state index contributed by atoms with van der Waals surface area (Å²) in [7, 11) is 4.68. The number of carboxylic acid groups (broad SMARTS) is 1. The molecule has 0 radical (unpaired) electrons. The number of methoxy groups -OCH3 is 1. The zero-order valence-electron chi connectivity index (χ0n) is 11.3. The fourth-order valence-electron chi connectivity index (χ4n) is 1.51. The molecule has 0 spiro atoms. The van der Waals surface area contributed by atoms with Gasteiger partial charge in [0.05, 0.1) is 12.7 Å². The van der Waals surface area contributed by atoms with E-state index in [-0.39, 0.29) is 17.2 Å². The smallest absolute Gasteiger partial charge is 0.335 e. The van der Waals surface area contributed by atoms with E-state index in [4.69, 9.17) is 14.6 Å². The van der Waals surface area contributed by atoms with Gasteiger partial charge in [-0.05, 0) is 25.1 Å². The second-order valence-corrected chi connectivity index (χ2v) is 4.16. The summed E-state index contributed by atoms with van der Waals surface area (Å²) in [4.78, 5) is 24.0. The second kappa shape index (κ2) is 6.08. The number of rotatable bonds is 5. The molecule has 0 heterocycles. The van der Waals surface area contributed by atoms with E-state index in [1.807, 2.05) is 0 Å². The third kappa shape index (κ3) is 3.61. The van der Waals surface area contributed by atoms with Crippen molar-refractivity contribution < 1.29 is 24.2 Å². The number of nitrogens with zero attached hydrogens (tertiary/aromatic N) is 1. The number of carboxylic acids is 1. The first kappa shape index (κ1) is 14.8. The van der Waals surface area contributed by atoms with Crippen molar-refractivity contribution in [2.45, 2.75) is 13.0 Å². The van der Waals surface area contributed by atoms with Gasteiger partial charge in [-0.3, -0.25) is 4.79 Å². The molecular formula is C13H17NO5. The van der Waals surface area contributed by atoms with Gasteiger partial charge in [0, 0.05) is 14.1 Å². The Labute approximate surface area is 111 Å². The number of likely N-dealkylation sites (N-methyl/N-ethyl adjacent to an activating group) is 1. The van der Waals surface area contributed by atoms with Crippen molar-refractivity contribution in [2.24, 2.45) is 0 Å². The Morgan fingerprint density at radius 2 is 1.89 bits per heavy atom. The van der Waals surface area contributed by atoms with Crippen LogP contribution in [-0.4, -0.2) is 49.2 Å². The standard InChI is InChI=1S/C13H17NO5/c1-8(12(15)14(2)3)19-11-7-9(13(16)17)5-6-10(11)18-4/h5-8H,1-4H3,(H,16,17). The van der Waals surface area contributed by atoms with E-state index in [1.165, 1.54) is 30.2 Å². The molecule has 1 rings (SSSR count). The van der Waals surface area contributed by atoms with Crippen LogP contribution in [0.4, 0.5) is 0 Å². The van der Waals surface area contributed by atoms with E-state index in [2.05, 4.69) is 0 Å².